The molecule has 124 valence electrons. The Morgan fingerprint density at radius 2 is 1.96 bits per heavy atom. The fraction of sp³-hybridized carbons (Fsp3) is 0.278. The zero-order chi connectivity index (χ0) is 16.9. The molecule has 5 nitrogen and oxygen atoms in total. The van der Waals surface area contributed by atoms with E-state index < -0.39 is 0 Å². The van der Waals surface area contributed by atoms with Crippen LogP contribution in [0.2, 0.25) is 0 Å². The van der Waals surface area contributed by atoms with Gasteiger partial charge in [0.2, 0.25) is 0 Å². The normalized spacial score (nSPS) is 10.9. The summed E-state index contributed by atoms with van der Waals surface area (Å²) in [4.78, 5) is 19.5. The quantitative estimate of drug-likeness (QED) is 0.553. The summed E-state index contributed by atoms with van der Waals surface area (Å²) < 4.78 is 1.85. The number of benzene rings is 1. The van der Waals surface area contributed by atoms with Crippen LogP contribution in [0.3, 0.4) is 0 Å². The highest BCUT2D eigenvalue weighted by molar-refractivity contribution is 7.98. The Bertz CT molecular complexity index is 867. The second-order valence-corrected chi connectivity index (χ2v) is 6.66. The summed E-state index contributed by atoms with van der Waals surface area (Å²) >= 11 is 1.53. The van der Waals surface area contributed by atoms with E-state index in [1.165, 1.54) is 22.9 Å². The molecule has 3 rings (SSSR count). The van der Waals surface area contributed by atoms with Crippen LogP contribution in [0.4, 0.5) is 0 Å². The Kier molecular flexibility index (Phi) is 5.15. The maximum absolute atomic E-state index is 12.2. The monoisotopic (exact) mass is 340 g/mol. The zero-order valence-electron chi connectivity index (χ0n) is 13.8. The summed E-state index contributed by atoms with van der Waals surface area (Å²) in [6, 6.07) is 8.37. The molecular formula is C18H20N4OS. The van der Waals surface area contributed by atoms with E-state index in [1.54, 1.807) is 12.4 Å². The van der Waals surface area contributed by atoms with Gasteiger partial charge in [0.1, 0.15) is 0 Å². The molecule has 0 aliphatic heterocycles. The molecule has 3 aromatic rings. The predicted molar refractivity (Wildman–Crippen MR) is 96.3 cm³/mol. The molecule has 0 bridgehead atoms. The molecule has 0 amide bonds. The van der Waals surface area contributed by atoms with Gasteiger partial charge in [-0.15, -0.1) is 0 Å². The maximum atomic E-state index is 12.2. The lowest BCUT2D eigenvalue weighted by Gasteiger charge is -2.03. The van der Waals surface area contributed by atoms with E-state index in [4.69, 9.17) is 0 Å². The molecule has 2 aromatic heterocycles. The Morgan fingerprint density at radius 3 is 2.62 bits per heavy atom. The molecule has 0 spiro atoms. The number of nitrogens with zero attached hydrogens (tertiary/aromatic N) is 3. The lowest BCUT2D eigenvalue weighted by atomic mass is 10.1. The molecule has 0 saturated heterocycles. The third-order valence-corrected chi connectivity index (χ3v) is 4.71. The number of hydrogen-bond donors (Lipinski definition) is 1. The van der Waals surface area contributed by atoms with Gasteiger partial charge in [0.25, 0.3) is 5.56 Å². The molecule has 24 heavy (non-hydrogen) atoms. The molecule has 0 unspecified atom stereocenters. The van der Waals surface area contributed by atoms with Crippen molar-refractivity contribution in [3.63, 3.8) is 0 Å². The average molecular weight is 340 g/mol. The van der Waals surface area contributed by atoms with Crippen molar-refractivity contribution in [1.29, 1.82) is 0 Å². The van der Waals surface area contributed by atoms with Crippen LogP contribution in [-0.4, -0.2) is 19.7 Å². The Balaban J connectivity index is 1.65. The number of H-pyrrole nitrogens is 1. The molecule has 0 fully saturated rings. The van der Waals surface area contributed by atoms with Gasteiger partial charge in [-0.25, -0.2) is 4.98 Å². The van der Waals surface area contributed by atoms with Crippen LogP contribution >= 0.6 is 11.8 Å². The largest absolute Gasteiger partial charge is 0.301 e. The summed E-state index contributed by atoms with van der Waals surface area (Å²) in [5.74, 6) is 0.784. The molecule has 2 heterocycles. The third kappa shape index (κ3) is 4.14. The van der Waals surface area contributed by atoms with Gasteiger partial charge in [0.05, 0.1) is 6.20 Å². The van der Waals surface area contributed by atoms with Gasteiger partial charge in [0, 0.05) is 36.7 Å². The van der Waals surface area contributed by atoms with Crippen molar-refractivity contribution >= 4 is 11.8 Å². The van der Waals surface area contributed by atoms with E-state index in [1.807, 2.05) is 17.8 Å². The number of hydrogen-bond acceptors (Lipinski definition) is 4. The molecule has 0 radical (unpaired) electrons. The summed E-state index contributed by atoms with van der Waals surface area (Å²) in [5.41, 5.74) is 4.05. The molecule has 0 aliphatic rings. The molecule has 6 heteroatoms. The number of aromatic nitrogens is 4. The van der Waals surface area contributed by atoms with Crippen LogP contribution in [-0.2, 0) is 18.7 Å². The van der Waals surface area contributed by atoms with Gasteiger partial charge < -0.3 is 4.98 Å². The highest BCUT2D eigenvalue weighted by atomic mass is 32.2. The summed E-state index contributed by atoms with van der Waals surface area (Å²) in [6.45, 7) is 4.92. The summed E-state index contributed by atoms with van der Waals surface area (Å²) in [5, 5.41) is 4.87. The van der Waals surface area contributed by atoms with Gasteiger partial charge in [-0.3, -0.25) is 9.48 Å². The highest BCUT2D eigenvalue weighted by Crippen LogP contribution is 2.18. The van der Waals surface area contributed by atoms with Crippen molar-refractivity contribution in [2.75, 3.05) is 0 Å². The summed E-state index contributed by atoms with van der Waals surface area (Å²) in [6.07, 6.45) is 5.97. The Morgan fingerprint density at radius 1 is 1.17 bits per heavy atom. The molecule has 0 atom stereocenters. The van der Waals surface area contributed by atoms with Crippen LogP contribution in [0.25, 0.3) is 0 Å². The van der Waals surface area contributed by atoms with Crippen LogP contribution in [0.15, 0.2) is 52.8 Å². The topological polar surface area (TPSA) is 63.6 Å². The lowest BCUT2D eigenvalue weighted by molar-refractivity contribution is 0.659. The van der Waals surface area contributed by atoms with E-state index in [2.05, 4.69) is 46.3 Å². The smallest absolute Gasteiger partial charge is 0.255 e. The van der Waals surface area contributed by atoms with E-state index in [9.17, 15) is 4.79 Å². The van der Waals surface area contributed by atoms with E-state index in [0.717, 1.165) is 17.9 Å². The first kappa shape index (κ1) is 16.5. The summed E-state index contributed by atoms with van der Waals surface area (Å²) in [7, 11) is 0. The number of aryl methyl sites for hydroxylation is 2. The second-order valence-electron chi connectivity index (χ2n) is 5.70. The Labute approximate surface area is 145 Å². The second kappa shape index (κ2) is 7.49. The fourth-order valence-corrected chi connectivity index (χ4v) is 3.12. The number of aromatic amines is 1. The van der Waals surface area contributed by atoms with Gasteiger partial charge in [-0.2, -0.15) is 5.10 Å². The SMILES string of the molecule is CCn1cc(Cc2cnc(SCc3ccc(C)cc3)[nH]c2=O)cn1. The van der Waals surface area contributed by atoms with Gasteiger partial charge in [-0.05, 0) is 25.0 Å². The minimum atomic E-state index is -0.0827. The molecule has 0 aliphatic carbocycles. The minimum absolute atomic E-state index is 0.0827. The van der Waals surface area contributed by atoms with E-state index in [-0.39, 0.29) is 5.56 Å². The number of thioether (sulfide) groups is 1. The third-order valence-electron chi connectivity index (χ3n) is 3.75. The van der Waals surface area contributed by atoms with Gasteiger partial charge in [-0.1, -0.05) is 41.6 Å². The first-order chi connectivity index (χ1) is 11.6. The molecule has 1 aromatic carbocycles. The van der Waals surface area contributed by atoms with Crippen LogP contribution < -0.4 is 5.56 Å². The highest BCUT2D eigenvalue weighted by Gasteiger charge is 2.06. The average Bonchev–Trinajstić information content (AvgIpc) is 3.04. The Hall–Kier alpha value is -2.34. The van der Waals surface area contributed by atoms with E-state index in [0.29, 0.717) is 17.1 Å². The lowest BCUT2D eigenvalue weighted by Crippen LogP contribution is -2.14. The van der Waals surface area contributed by atoms with Crippen molar-refractivity contribution in [2.24, 2.45) is 0 Å². The van der Waals surface area contributed by atoms with Crippen molar-refractivity contribution < 1.29 is 0 Å². The molecule has 1 N–H and O–H groups in total. The van der Waals surface area contributed by atoms with E-state index >= 15 is 0 Å². The first-order valence-electron chi connectivity index (χ1n) is 7.92. The maximum Gasteiger partial charge on any atom is 0.255 e. The van der Waals surface area contributed by atoms with Crippen LogP contribution in [0.5, 0.6) is 0 Å². The molecular weight excluding hydrogens is 320 g/mol. The zero-order valence-corrected chi connectivity index (χ0v) is 14.6. The number of nitrogens with one attached hydrogen (secondary N) is 1. The van der Waals surface area contributed by atoms with Crippen molar-refractivity contribution in [1.82, 2.24) is 19.7 Å². The van der Waals surface area contributed by atoms with Crippen LogP contribution in [0, 0.1) is 6.92 Å². The standard InChI is InChI=1S/C18H20N4OS/c1-3-22-11-15(9-20-22)8-16-10-19-18(21-17(16)23)24-12-14-6-4-13(2)5-7-14/h4-7,9-11H,3,8,12H2,1-2H3,(H,19,21,23). The molecule has 0 saturated carbocycles. The van der Waals surface area contributed by atoms with Gasteiger partial charge in [0.15, 0.2) is 5.16 Å². The first-order valence-corrected chi connectivity index (χ1v) is 8.90. The predicted octanol–water partition coefficient (Wildman–Crippen LogP) is 3.18. The fourth-order valence-electron chi connectivity index (χ4n) is 2.33. The van der Waals surface area contributed by atoms with Gasteiger partial charge >= 0.3 is 0 Å². The van der Waals surface area contributed by atoms with Crippen molar-refractivity contribution in [3.8, 4) is 0 Å². The van der Waals surface area contributed by atoms with Crippen molar-refractivity contribution in [2.45, 2.75) is 37.7 Å². The minimum Gasteiger partial charge on any atom is -0.301 e. The van der Waals surface area contributed by atoms with Crippen molar-refractivity contribution in [3.05, 3.63) is 75.5 Å². The van der Waals surface area contributed by atoms with Crippen LogP contribution in [0.1, 0.15) is 29.2 Å². The number of rotatable bonds is 6.